The van der Waals surface area contributed by atoms with Crippen LogP contribution in [0.25, 0.3) is 5.57 Å². The van der Waals surface area contributed by atoms with Gasteiger partial charge in [-0.3, -0.25) is 9.59 Å². The number of nitrogens with one attached hydrogen (secondary N) is 1. The van der Waals surface area contributed by atoms with Crippen LogP contribution in [0.5, 0.6) is 0 Å². The van der Waals surface area contributed by atoms with E-state index in [0.717, 1.165) is 22.6 Å². The molecule has 30 heavy (non-hydrogen) atoms. The van der Waals surface area contributed by atoms with Gasteiger partial charge in [-0.2, -0.15) is 0 Å². The quantitative estimate of drug-likeness (QED) is 0.576. The summed E-state index contributed by atoms with van der Waals surface area (Å²) in [4.78, 5) is 27.7. The summed E-state index contributed by atoms with van der Waals surface area (Å²) in [6.07, 6.45) is 0. The number of hydrogen-bond acceptors (Lipinski definition) is 3. The lowest BCUT2D eigenvalue weighted by Gasteiger charge is -2.17. The Bertz CT molecular complexity index is 1210. The first-order valence-corrected chi connectivity index (χ1v) is 9.41. The molecule has 1 aliphatic heterocycles. The third-order valence-corrected chi connectivity index (χ3v) is 5.01. The Morgan fingerprint density at radius 1 is 0.867 bits per heavy atom. The van der Waals surface area contributed by atoms with Gasteiger partial charge in [0.05, 0.1) is 11.3 Å². The first-order valence-electron chi connectivity index (χ1n) is 9.03. The minimum Gasteiger partial charge on any atom is -0.350 e. The standard InChI is InChI=1S/C23H15ClF2N2O2/c1-13-4-2-3-5-19(13)28-22(29)20(14-6-8-15(24)9-7-14)21(23(28)30)27-16-10-11-17(25)18(26)12-16/h2-12,27H,1H3. The summed E-state index contributed by atoms with van der Waals surface area (Å²) < 4.78 is 27.0. The van der Waals surface area contributed by atoms with Crippen LogP contribution in [0.4, 0.5) is 20.2 Å². The van der Waals surface area contributed by atoms with Crippen molar-refractivity contribution >= 4 is 40.4 Å². The van der Waals surface area contributed by atoms with Crippen LogP contribution in [0.15, 0.2) is 72.4 Å². The van der Waals surface area contributed by atoms with Gasteiger partial charge in [0.25, 0.3) is 11.8 Å². The number of rotatable bonds is 4. The predicted molar refractivity (Wildman–Crippen MR) is 112 cm³/mol. The zero-order valence-corrected chi connectivity index (χ0v) is 16.5. The molecule has 0 spiro atoms. The van der Waals surface area contributed by atoms with Crippen LogP contribution >= 0.6 is 11.6 Å². The number of hydrogen-bond donors (Lipinski definition) is 1. The molecule has 0 saturated carbocycles. The van der Waals surface area contributed by atoms with Gasteiger partial charge in [-0.25, -0.2) is 13.7 Å². The normalized spacial score (nSPS) is 13.9. The van der Waals surface area contributed by atoms with E-state index < -0.39 is 23.4 Å². The van der Waals surface area contributed by atoms with Gasteiger partial charge < -0.3 is 5.32 Å². The molecule has 0 unspecified atom stereocenters. The Morgan fingerprint density at radius 2 is 1.57 bits per heavy atom. The molecule has 7 heteroatoms. The predicted octanol–water partition coefficient (Wildman–Crippen LogP) is 5.32. The van der Waals surface area contributed by atoms with Gasteiger partial charge in [-0.15, -0.1) is 0 Å². The number of benzene rings is 3. The molecule has 0 bridgehead atoms. The first-order chi connectivity index (χ1) is 14.4. The molecule has 1 heterocycles. The number of carbonyl (C=O) groups is 2. The Hall–Kier alpha value is -3.51. The summed E-state index contributed by atoms with van der Waals surface area (Å²) >= 11 is 5.96. The molecule has 1 aliphatic rings. The van der Waals surface area contributed by atoms with Gasteiger partial charge in [-0.1, -0.05) is 41.9 Å². The van der Waals surface area contributed by atoms with E-state index in [-0.39, 0.29) is 17.0 Å². The van der Waals surface area contributed by atoms with Crippen molar-refractivity contribution in [2.75, 3.05) is 10.2 Å². The highest BCUT2D eigenvalue weighted by atomic mass is 35.5. The van der Waals surface area contributed by atoms with Gasteiger partial charge >= 0.3 is 0 Å². The molecule has 0 fully saturated rings. The van der Waals surface area contributed by atoms with Crippen LogP contribution in [0.3, 0.4) is 0 Å². The monoisotopic (exact) mass is 424 g/mol. The Morgan fingerprint density at radius 3 is 2.23 bits per heavy atom. The van der Waals surface area contributed by atoms with E-state index in [0.29, 0.717) is 16.3 Å². The molecule has 0 radical (unpaired) electrons. The average molecular weight is 425 g/mol. The number of aryl methyl sites for hydroxylation is 1. The molecule has 3 aromatic carbocycles. The number of anilines is 2. The Labute approximate surface area is 176 Å². The molecule has 0 saturated heterocycles. The minimum atomic E-state index is -1.07. The van der Waals surface area contributed by atoms with E-state index >= 15 is 0 Å². The topological polar surface area (TPSA) is 49.4 Å². The van der Waals surface area contributed by atoms with Crippen LogP contribution in [0.2, 0.25) is 5.02 Å². The van der Waals surface area contributed by atoms with Crippen molar-refractivity contribution in [3.8, 4) is 0 Å². The third kappa shape index (κ3) is 3.46. The van der Waals surface area contributed by atoms with E-state index in [4.69, 9.17) is 11.6 Å². The average Bonchev–Trinajstić information content (AvgIpc) is 2.96. The SMILES string of the molecule is Cc1ccccc1N1C(=O)C(Nc2ccc(F)c(F)c2)=C(c2ccc(Cl)cc2)C1=O. The second-order valence-corrected chi connectivity index (χ2v) is 7.18. The maximum absolute atomic E-state index is 13.7. The van der Waals surface area contributed by atoms with Gasteiger partial charge in [0.15, 0.2) is 11.6 Å². The van der Waals surface area contributed by atoms with E-state index in [1.54, 1.807) is 55.5 Å². The largest absolute Gasteiger partial charge is 0.350 e. The molecule has 0 atom stereocenters. The fourth-order valence-electron chi connectivity index (χ4n) is 3.28. The van der Waals surface area contributed by atoms with Crippen molar-refractivity contribution in [3.05, 3.63) is 100 Å². The van der Waals surface area contributed by atoms with Crippen molar-refractivity contribution in [1.82, 2.24) is 0 Å². The molecular weight excluding hydrogens is 410 g/mol. The molecule has 150 valence electrons. The molecule has 4 rings (SSSR count). The van der Waals surface area contributed by atoms with Crippen LogP contribution in [0.1, 0.15) is 11.1 Å². The van der Waals surface area contributed by atoms with Gasteiger partial charge in [-0.05, 0) is 48.4 Å². The van der Waals surface area contributed by atoms with E-state index in [2.05, 4.69) is 5.32 Å². The highest BCUT2D eigenvalue weighted by molar-refractivity contribution is 6.46. The maximum atomic E-state index is 13.7. The van der Waals surface area contributed by atoms with Crippen molar-refractivity contribution in [1.29, 1.82) is 0 Å². The Kier molecular flexibility index (Phi) is 5.10. The van der Waals surface area contributed by atoms with Crippen LogP contribution in [-0.4, -0.2) is 11.8 Å². The van der Waals surface area contributed by atoms with E-state index in [1.165, 1.54) is 6.07 Å². The molecule has 0 aromatic heterocycles. The second-order valence-electron chi connectivity index (χ2n) is 6.74. The lowest BCUT2D eigenvalue weighted by molar-refractivity contribution is -0.120. The van der Waals surface area contributed by atoms with Crippen molar-refractivity contribution in [2.45, 2.75) is 6.92 Å². The van der Waals surface area contributed by atoms with Gasteiger partial charge in [0.1, 0.15) is 5.70 Å². The van der Waals surface area contributed by atoms with Crippen LogP contribution < -0.4 is 10.2 Å². The van der Waals surface area contributed by atoms with Crippen molar-refractivity contribution < 1.29 is 18.4 Å². The minimum absolute atomic E-state index is 0.0309. The summed E-state index contributed by atoms with van der Waals surface area (Å²) in [7, 11) is 0. The lowest BCUT2D eigenvalue weighted by atomic mass is 10.0. The van der Waals surface area contributed by atoms with Gasteiger partial charge in [0.2, 0.25) is 0 Å². The number of imide groups is 1. The number of carbonyl (C=O) groups excluding carboxylic acids is 2. The highest BCUT2D eigenvalue weighted by Crippen LogP contribution is 2.35. The maximum Gasteiger partial charge on any atom is 0.282 e. The van der Waals surface area contributed by atoms with E-state index in [1.807, 2.05) is 0 Å². The fraction of sp³-hybridized carbons (Fsp3) is 0.0435. The number of nitrogens with zero attached hydrogens (tertiary/aromatic N) is 1. The zero-order valence-electron chi connectivity index (χ0n) is 15.7. The van der Waals surface area contributed by atoms with Crippen LogP contribution in [0, 0.1) is 18.6 Å². The fourth-order valence-corrected chi connectivity index (χ4v) is 3.41. The third-order valence-electron chi connectivity index (χ3n) is 4.76. The molecular formula is C23H15ClF2N2O2. The first kappa shape index (κ1) is 19.8. The number of para-hydroxylation sites is 1. The van der Waals surface area contributed by atoms with Gasteiger partial charge in [0, 0.05) is 16.8 Å². The molecule has 4 nitrogen and oxygen atoms in total. The highest BCUT2D eigenvalue weighted by Gasteiger charge is 2.40. The summed E-state index contributed by atoms with van der Waals surface area (Å²) in [5, 5.41) is 3.27. The number of amides is 2. The summed E-state index contributed by atoms with van der Waals surface area (Å²) in [6, 6.07) is 16.6. The van der Waals surface area contributed by atoms with Crippen molar-refractivity contribution in [3.63, 3.8) is 0 Å². The summed E-state index contributed by atoms with van der Waals surface area (Å²) in [5.41, 5.74) is 1.88. The zero-order chi connectivity index (χ0) is 21.4. The van der Waals surface area contributed by atoms with Crippen LogP contribution in [-0.2, 0) is 9.59 Å². The molecule has 0 aliphatic carbocycles. The second kappa shape index (κ2) is 7.72. The molecule has 3 aromatic rings. The van der Waals surface area contributed by atoms with Crippen molar-refractivity contribution in [2.24, 2.45) is 0 Å². The number of halogens is 3. The molecule has 2 amide bonds. The summed E-state index contributed by atoms with van der Waals surface area (Å²) in [5.74, 6) is -3.20. The molecule has 1 N–H and O–H groups in total. The summed E-state index contributed by atoms with van der Waals surface area (Å²) in [6.45, 7) is 1.79. The lowest BCUT2D eigenvalue weighted by Crippen LogP contribution is -2.33. The Balaban J connectivity index is 1.84. The smallest absolute Gasteiger partial charge is 0.282 e. The van der Waals surface area contributed by atoms with E-state index in [9.17, 15) is 18.4 Å².